The fraction of sp³-hybridized carbons (Fsp3) is 0.889. The Morgan fingerprint density at radius 2 is 2.15 bits per heavy atom. The van der Waals surface area contributed by atoms with E-state index < -0.39 is 0 Å². The average Bonchev–Trinajstić information content (AvgIpc) is 2.47. The van der Waals surface area contributed by atoms with Crippen LogP contribution in [0.5, 0.6) is 0 Å². The summed E-state index contributed by atoms with van der Waals surface area (Å²) < 4.78 is 5.10. The minimum atomic E-state index is -0.214. The first-order chi connectivity index (χ1) is 6.11. The Balaban J connectivity index is 2.30. The van der Waals surface area contributed by atoms with Crippen LogP contribution in [-0.2, 0) is 4.74 Å². The van der Waals surface area contributed by atoms with E-state index in [1.165, 1.54) is 0 Å². The number of ether oxygens (including phenoxy) is 1. The van der Waals surface area contributed by atoms with E-state index >= 15 is 0 Å². The molecule has 1 aliphatic heterocycles. The van der Waals surface area contributed by atoms with E-state index in [9.17, 15) is 4.79 Å². The van der Waals surface area contributed by atoms with Gasteiger partial charge in [-0.1, -0.05) is 13.8 Å². The molecule has 0 atom stereocenters. The summed E-state index contributed by atoms with van der Waals surface area (Å²) in [7, 11) is 1.91. The molecule has 13 heavy (non-hydrogen) atoms. The highest BCUT2D eigenvalue weighted by Crippen LogP contribution is 2.09. The zero-order valence-corrected chi connectivity index (χ0v) is 8.62. The first-order valence-corrected chi connectivity index (χ1v) is 4.76. The van der Waals surface area contributed by atoms with Gasteiger partial charge in [-0.3, -0.25) is 0 Å². The van der Waals surface area contributed by atoms with Gasteiger partial charge in [-0.05, 0) is 12.3 Å². The highest BCUT2D eigenvalue weighted by Gasteiger charge is 2.24. The second-order valence-corrected chi connectivity index (χ2v) is 3.83. The zero-order chi connectivity index (χ0) is 9.84. The molecule has 0 unspecified atom stereocenters. The maximum absolute atomic E-state index is 11.4. The van der Waals surface area contributed by atoms with Crippen LogP contribution in [-0.4, -0.2) is 42.9 Å². The Morgan fingerprint density at radius 3 is 2.62 bits per heavy atom. The van der Waals surface area contributed by atoms with Crippen LogP contribution in [0.25, 0.3) is 0 Å². The zero-order valence-electron chi connectivity index (χ0n) is 8.62. The summed E-state index contributed by atoms with van der Waals surface area (Å²) in [5.41, 5.74) is 0. The summed E-state index contributed by atoms with van der Waals surface area (Å²) in [6.07, 6.45) is 0.821. The van der Waals surface area contributed by atoms with Crippen molar-refractivity contribution in [3.8, 4) is 0 Å². The molecule has 1 fully saturated rings. The molecule has 0 radical (unpaired) electrons. The number of carbonyl (C=O) groups is 1. The Morgan fingerprint density at radius 1 is 1.46 bits per heavy atom. The van der Waals surface area contributed by atoms with Gasteiger partial charge in [0.25, 0.3) is 0 Å². The third-order valence-corrected chi connectivity index (χ3v) is 2.01. The molecule has 4 nitrogen and oxygen atoms in total. The average molecular weight is 186 g/mol. The van der Waals surface area contributed by atoms with E-state index in [0.29, 0.717) is 12.5 Å². The fourth-order valence-electron chi connectivity index (χ4n) is 1.28. The number of carbonyl (C=O) groups excluding carboxylic acids is 1. The summed E-state index contributed by atoms with van der Waals surface area (Å²) in [6.45, 7) is 6.29. The van der Waals surface area contributed by atoms with Crippen LogP contribution in [0, 0.1) is 5.92 Å². The van der Waals surface area contributed by atoms with Crippen LogP contribution in [0.3, 0.4) is 0 Å². The van der Waals surface area contributed by atoms with Crippen molar-refractivity contribution in [3.05, 3.63) is 0 Å². The van der Waals surface area contributed by atoms with Crippen LogP contribution in [0.4, 0.5) is 4.79 Å². The van der Waals surface area contributed by atoms with Crippen molar-refractivity contribution in [3.63, 3.8) is 0 Å². The molecule has 0 bridgehead atoms. The number of amides is 1. The number of nitrogens with zero attached hydrogens (tertiary/aromatic N) is 2. The van der Waals surface area contributed by atoms with E-state index in [1.54, 1.807) is 5.01 Å². The quantitative estimate of drug-likeness (QED) is 0.652. The van der Waals surface area contributed by atoms with Crippen LogP contribution in [0.15, 0.2) is 0 Å². The van der Waals surface area contributed by atoms with Crippen LogP contribution < -0.4 is 0 Å². The van der Waals surface area contributed by atoms with Crippen molar-refractivity contribution in [2.45, 2.75) is 20.3 Å². The van der Waals surface area contributed by atoms with Crippen molar-refractivity contribution in [1.29, 1.82) is 0 Å². The standard InChI is InChI=1S/C9H18N2O2/c1-8(2)7-13-9(12)11-6-4-5-10(11)3/h8H,4-7H2,1-3H3. The molecule has 1 aliphatic rings. The molecular weight excluding hydrogens is 168 g/mol. The summed E-state index contributed by atoms with van der Waals surface area (Å²) in [5, 5.41) is 3.56. The lowest BCUT2D eigenvalue weighted by atomic mass is 10.2. The SMILES string of the molecule is CC(C)COC(=O)N1CCCN1C. The maximum Gasteiger partial charge on any atom is 0.424 e. The predicted molar refractivity (Wildman–Crippen MR) is 50.1 cm³/mol. The van der Waals surface area contributed by atoms with Gasteiger partial charge >= 0.3 is 6.09 Å². The summed E-state index contributed by atoms with van der Waals surface area (Å²) in [4.78, 5) is 11.4. The second kappa shape index (κ2) is 4.46. The third-order valence-electron chi connectivity index (χ3n) is 2.01. The molecule has 1 saturated heterocycles. The number of hydrogen-bond donors (Lipinski definition) is 0. The Bertz CT molecular complexity index is 182. The number of hydrogen-bond acceptors (Lipinski definition) is 3. The molecular formula is C9H18N2O2. The first-order valence-electron chi connectivity index (χ1n) is 4.76. The molecule has 1 rings (SSSR count). The molecule has 0 spiro atoms. The van der Waals surface area contributed by atoms with Gasteiger partial charge in [-0.2, -0.15) is 0 Å². The van der Waals surface area contributed by atoms with Crippen molar-refractivity contribution in [1.82, 2.24) is 10.0 Å². The third kappa shape index (κ3) is 2.88. The van der Waals surface area contributed by atoms with Crippen LogP contribution in [0.2, 0.25) is 0 Å². The second-order valence-electron chi connectivity index (χ2n) is 3.83. The molecule has 4 heteroatoms. The van der Waals surface area contributed by atoms with E-state index in [4.69, 9.17) is 4.74 Å². The van der Waals surface area contributed by atoms with Crippen molar-refractivity contribution >= 4 is 6.09 Å². The van der Waals surface area contributed by atoms with Gasteiger partial charge in [0.05, 0.1) is 6.61 Å². The monoisotopic (exact) mass is 186 g/mol. The summed E-state index contributed by atoms with van der Waals surface area (Å²) >= 11 is 0. The molecule has 1 heterocycles. The lowest BCUT2D eigenvalue weighted by Gasteiger charge is -2.23. The van der Waals surface area contributed by atoms with Gasteiger partial charge < -0.3 is 4.74 Å². The number of rotatable bonds is 2. The molecule has 0 aliphatic carbocycles. The van der Waals surface area contributed by atoms with Crippen molar-refractivity contribution in [2.24, 2.45) is 5.92 Å². The van der Waals surface area contributed by atoms with Gasteiger partial charge in [-0.25, -0.2) is 14.8 Å². The molecule has 0 aromatic rings. The molecule has 1 amide bonds. The largest absolute Gasteiger partial charge is 0.448 e. The van der Waals surface area contributed by atoms with E-state index in [0.717, 1.165) is 19.5 Å². The smallest absolute Gasteiger partial charge is 0.424 e. The fourth-order valence-corrected chi connectivity index (χ4v) is 1.28. The van der Waals surface area contributed by atoms with E-state index in [-0.39, 0.29) is 6.09 Å². The molecule has 0 N–H and O–H groups in total. The normalized spacial score (nSPS) is 18.3. The van der Waals surface area contributed by atoms with Crippen molar-refractivity contribution < 1.29 is 9.53 Å². The lowest BCUT2D eigenvalue weighted by Crippen LogP contribution is -2.39. The first kappa shape index (κ1) is 10.3. The predicted octanol–water partition coefficient (Wildman–Crippen LogP) is 1.33. The van der Waals surface area contributed by atoms with Gasteiger partial charge in [-0.15, -0.1) is 0 Å². The highest BCUT2D eigenvalue weighted by atomic mass is 16.6. The topological polar surface area (TPSA) is 32.8 Å². The van der Waals surface area contributed by atoms with E-state index in [1.807, 2.05) is 25.9 Å². The Hall–Kier alpha value is -0.770. The molecule has 76 valence electrons. The summed E-state index contributed by atoms with van der Waals surface area (Å²) in [5.74, 6) is 0.400. The van der Waals surface area contributed by atoms with E-state index in [2.05, 4.69) is 0 Å². The maximum atomic E-state index is 11.4. The highest BCUT2D eigenvalue weighted by molar-refractivity contribution is 5.67. The Labute approximate surface area is 79.4 Å². The molecule has 0 saturated carbocycles. The minimum Gasteiger partial charge on any atom is -0.448 e. The van der Waals surface area contributed by atoms with Gasteiger partial charge in [0, 0.05) is 20.1 Å². The number of hydrazine groups is 1. The van der Waals surface area contributed by atoms with Gasteiger partial charge in [0.15, 0.2) is 0 Å². The van der Waals surface area contributed by atoms with Gasteiger partial charge in [0.1, 0.15) is 0 Å². The Kier molecular flexibility index (Phi) is 3.54. The van der Waals surface area contributed by atoms with Crippen molar-refractivity contribution in [2.75, 3.05) is 26.7 Å². The lowest BCUT2D eigenvalue weighted by molar-refractivity contribution is 0.0250. The van der Waals surface area contributed by atoms with Gasteiger partial charge in [0.2, 0.25) is 0 Å². The molecule has 0 aromatic heterocycles. The summed E-state index contributed by atoms with van der Waals surface area (Å²) in [6, 6.07) is 0. The van der Waals surface area contributed by atoms with Crippen LogP contribution in [0.1, 0.15) is 20.3 Å². The minimum absolute atomic E-state index is 0.214. The molecule has 0 aromatic carbocycles. The van der Waals surface area contributed by atoms with Crippen LogP contribution >= 0.6 is 0 Å².